The van der Waals surface area contributed by atoms with E-state index in [1.54, 1.807) is 0 Å². The average Bonchev–Trinajstić information content (AvgIpc) is 2.13. The van der Waals surface area contributed by atoms with Crippen LogP contribution in [0.3, 0.4) is 0 Å². The lowest BCUT2D eigenvalue weighted by molar-refractivity contribution is 0.801. The molecule has 0 fully saturated rings. The maximum Gasteiger partial charge on any atom is 0.0207 e. The molecule has 0 atom stereocenters. The quantitative estimate of drug-likeness (QED) is 0.568. The molecule has 72 valence electrons. The predicted molar refractivity (Wildman–Crippen MR) is 65.6 cm³/mol. The number of hydrogen-bond acceptors (Lipinski definition) is 0. The fraction of sp³-hybridized carbons (Fsp3) is 0.455. The maximum atomic E-state index is 3.55. The zero-order valence-electron chi connectivity index (χ0n) is 7.82. The topological polar surface area (TPSA) is 0 Å². The fourth-order valence-corrected chi connectivity index (χ4v) is 2.14. The van der Waals surface area contributed by atoms with Gasteiger partial charge in [-0.1, -0.05) is 44.0 Å². The van der Waals surface area contributed by atoms with Crippen LogP contribution in [0.2, 0.25) is 0 Å². The van der Waals surface area contributed by atoms with Crippen LogP contribution in [0.15, 0.2) is 22.7 Å². The van der Waals surface area contributed by atoms with E-state index < -0.39 is 0 Å². The molecule has 1 aromatic carbocycles. The van der Waals surface area contributed by atoms with Gasteiger partial charge in [-0.3, -0.25) is 0 Å². The average molecular weight is 306 g/mol. The first-order valence-corrected chi connectivity index (χ1v) is 6.47. The van der Waals surface area contributed by atoms with Crippen LogP contribution in [-0.4, -0.2) is 5.33 Å². The van der Waals surface area contributed by atoms with Crippen LogP contribution in [-0.2, 0) is 6.42 Å². The molecule has 0 unspecified atom stereocenters. The second-order valence-corrected chi connectivity index (χ2v) is 4.82. The van der Waals surface area contributed by atoms with Gasteiger partial charge in [-0.05, 0) is 43.4 Å². The van der Waals surface area contributed by atoms with Gasteiger partial charge in [-0.25, -0.2) is 0 Å². The third-order valence-electron chi connectivity index (χ3n) is 2.21. The van der Waals surface area contributed by atoms with Crippen LogP contribution in [0, 0.1) is 6.92 Å². The number of hydrogen-bond donors (Lipinski definition) is 0. The minimum Gasteiger partial charge on any atom is -0.0928 e. The van der Waals surface area contributed by atoms with E-state index in [1.165, 1.54) is 34.9 Å². The Morgan fingerprint density at radius 3 is 2.69 bits per heavy atom. The van der Waals surface area contributed by atoms with E-state index in [-0.39, 0.29) is 0 Å². The highest BCUT2D eigenvalue weighted by atomic mass is 79.9. The summed E-state index contributed by atoms with van der Waals surface area (Å²) >= 11 is 6.99. The fourth-order valence-electron chi connectivity index (χ4n) is 1.33. The molecule has 1 rings (SSSR count). The van der Waals surface area contributed by atoms with Gasteiger partial charge >= 0.3 is 0 Å². The van der Waals surface area contributed by atoms with Gasteiger partial charge in [0.1, 0.15) is 0 Å². The summed E-state index contributed by atoms with van der Waals surface area (Å²) < 4.78 is 1.23. The second-order valence-electron chi connectivity index (χ2n) is 3.17. The van der Waals surface area contributed by atoms with Gasteiger partial charge in [-0.15, -0.1) is 0 Å². The largest absolute Gasteiger partial charge is 0.0928 e. The number of rotatable bonds is 4. The van der Waals surface area contributed by atoms with Crippen LogP contribution in [0.4, 0.5) is 0 Å². The van der Waals surface area contributed by atoms with Crippen molar-refractivity contribution in [1.29, 1.82) is 0 Å². The van der Waals surface area contributed by atoms with Crippen molar-refractivity contribution >= 4 is 31.9 Å². The minimum atomic E-state index is 1.11. The summed E-state index contributed by atoms with van der Waals surface area (Å²) in [5, 5.41) is 1.11. The Bertz CT molecular complexity index is 269. The summed E-state index contributed by atoms with van der Waals surface area (Å²) in [7, 11) is 0. The van der Waals surface area contributed by atoms with E-state index in [2.05, 4.69) is 57.0 Å². The Morgan fingerprint density at radius 2 is 2.00 bits per heavy atom. The van der Waals surface area contributed by atoms with E-state index >= 15 is 0 Å². The lowest BCUT2D eigenvalue weighted by atomic mass is 10.0. The standard InChI is InChI=1S/C11H14Br2/c1-9-10(5-2-3-8-12)6-4-7-11(9)13/h4,6-7H,2-3,5,8H2,1H3. The lowest BCUT2D eigenvalue weighted by Crippen LogP contribution is -1.90. The van der Waals surface area contributed by atoms with Crippen molar-refractivity contribution in [3.8, 4) is 0 Å². The van der Waals surface area contributed by atoms with E-state index in [1.807, 2.05) is 0 Å². The molecule has 0 nitrogen and oxygen atoms in total. The molecule has 0 saturated heterocycles. The summed E-state index contributed by atoms with van der Waals surface area (Å²) in [5.74, 6) is 0. The Balaban J connectivity index is 2.61. The van der Waals surface area contributed by atoms with Crippen molar-refractivity contribution in [2.75, 3.05) is 5.33 Å². The van der Waals surface area contributed by atoms with Crippen molar-refractivity contribution < 1.29 is 0 Å². The Morgan fingerprint density at radius 1 is 1.23 bits per heavy atom. The van der Waals surface area contributed by atoms with Gasteiger partial charge in [0.15, 0.2) is 0 Å². The van der Waals surface area contributed by atoms with Crippen molar-refractivity contribution in [3.05, 3.63) is 33.8 Å². The molecule has 0 heterocycles. The van der Waals surface area contributed by atoms with Gasteiger partial charge in [0.25, 0.3) is 0 Å². The van der Waals surface area contributed by atoms with Gasteiger partial charge < -0.3 is 0 Å². The first-order chi connectivity index (χ1) is 6.25. The van der Waals surface area contributed by atoms with E-state index in [0.29, 0.717) is 0 Å². The van der Waals surface area contributed by atoms with E-state index in [4.69, 9.17) is 0 Å². The summed E-state index contributed by atoms with van der Waals surface area (Å²) in [6.45, 7) is 2.17. The zero-order chi connectivity index (χ0) is 9.68. The molecule has 1 aromatic rings. The molecular formula is C11H14Br2. The molecule has 0 aliphatic rings. The van der Waals surface area contributed by atoms with Gasteiger partial charge in [-0.2, -0.15) is 0 Å². The smallest absolute Gasteiger partial charge is 0.0207 e. The zero-order valence-corrected chi connectivity index (χ0v) is 11.0. The van der Waals surface area contributed by atoms with Gasteiger partial charge in [0.2, 0.25) is 0 Å². The molecule has 0 aliphatic carbocycles. The van der Waals surface area contributed by atoms with Crippen LogP contribution in [0.5, 0.6) is 0 Å². The summed E-state index contributed by atoms with van der Waals surface area (Å²) in [6, 6.07) is 6.43. The van der Waals surface area contributed by atoms with E-state index in [9.17, 15) is 0 Å². The van der Waals surface area contributed by atoms with Crippen molar-refractivity contribution in [1.82, 2.24) is 0 Å². The summed E-state index contributed by atoms with van der Waals surface area (Å²) in [4.78, 5) is 0. The molecule has 0 bridgehead atoms. The Kier molecular flexibility index (Phi) is 5.04. The first-order valence-electron chi connectivity index (χ1n) is 4.55. The van der Waals surface area contributed by atoms with Crippen LogP contribution in [0.25, 0.3) is 0 Å². The predicted octanol–water partition coefficient (Wildman–Crippen LogP) is 4.48. The SMILES string of the molecule is Cc1c(Br)cccc1CCCCBr. The summed E-state index contributed by atoms with van der Waals surface area (Å²) in [5.41, 5.74) is 2.85. The molecule has 0 spiro atoms. The Labute approximate surface area is 97.0 Å². The van der Waals surface area contributed by atoms with Gasteiger partial charge in [0, 0.05) is 9.80 Å². The first kappa shape index (κ1) is 11.3. The Hall–Kier alpha value is 0.180. The molecule has 13 heavy (non-hydrogen) atoms. The van der Waals surface area contributed by atoms with Crippen molar-refractivity contribution in [2.45, 2.75) is 26.2 Å². The number of alkyl halides is 1. The molecule has 0 aromatic heterocycles. The third kappa shape index (κ3) is 3.43. The molecule has 0 N–H and O–H groups in total. The van der Waals surface area contributed by atoms with Crippen LogP contribution in [0.1, 0.15) is 24.0 Å². The van der Waals surface area contributed by atoms with Crippen molar-refractivity contribution in [3.63, 3.8) is 0 Å². The number of halogens is 2. The number of aryl methyl sites for hydroxylation is 1. The number of unbranched alkanes of at least 4 members (excludes halogenated alkanes) is 1. The molecule has 0 aliphatic heterocycles. The second kappa shape index (κ2) is 5.82. The lowest BCUT2D eigenvalue weighted by Gasteiger charge is -2.06. The highest BCUT2D eigenvalue weighted by molar-refractivity contribution is 9.10. The molecule has 0 saturated carbocycles. The van der Waals surface area contributed by atoms with Crippen LogP contribution >= 0.6 is 31.9 Å². The molecule has 0 amide bonds. The molecule has 2 heteroatoms. The summed E-state index contributed by atoms with van der Waals surface area (Å²) in [6.07, 6.45) is 3.71. The highest BCUT2D eigenvalue weighted by Gasteiger charge is 2.00. The van der Waals surface area contributed by atoms with Crippen LogP contribution < -0.4 is 0 Å². The van der Waals surface area contributed by atoms with E-state index in [0.717, 1.165) is 5.33 Å². The third-order valence-corrected chi connectivity index (χ3v) is 3.63. The van der Waals surface area contributed by atoms with Gasteiger partial charge in [0.05, 0.1) is 0 Å². The monoisotopic (exact) mass is 304 g/mol. The molecular weight excluding hydrogens is 292 g/mol. The highest BCUT2D eigenvalue weighted by Crippen LogP contribution is 2.20. The molecule has 0 radical (unpaired) electrons. The van der Waals surface area contributed by atoms with Crippen molar-refractivity contribution in [2.24, 2.45) is 0 Å². The number of benzene rings is 1. The maximum absolute atomic E-state index is 3.55. The normalized spacial score (nSPS) is 10.4. The minimum absolute atomic E-state index is 1.11.